The number of sulfonamides is 1. The number of benzene rings is 2. The molecule has 3 heterocycles. The molecule has 37 heavy (non-hydrogen) atoms. The van der Waals surface area contributed by atoms with Gasteiger partial charge < -0.3 is 9.64 Å². The Bertz CT molecular complexity index is 1400. The summed E-state index contributed by atoms with van der Waals surface area (Å²) in [6.07, 6.45) is 3.04. The zero-order valence-electron chi connectivity index (χ0n) is 21.0. The lowest BCUT2D eigenvalue weighted by atomic mass is 10.1. The molecule has 2 aromatic carbocycles. The van der Waals surface area contributed by atoms with Gasteiger partial charge in [0.05, 0.1) is 24.2 Å². The number of halogens is 2. The molecule has 10 heteroatoms. The Kier molecular flexibility index (Phi) is 7.13. The number of aromatic nitrogens is 2. The van der Waals surface area contributed by atoms with E-state index in [9.17, 15) is 17.2 Å². The first-order chi connectivity index (χ1) is 17.7. The van der Waals surface area contributed by atoms with Crippen LogP contribution in [0.2, 0.25) is 0 Å². The monoisotopic (exact) mass is 528 g/mol. The van der Waals surface area contributed by atoms with Gasteiger partial charge in [0, 0.05) is 31.1 Å². The van der Waals surface area contributed by atoms with Crippen molar-refractivity contribution in [2.24, 2.45) is 0 Å². The summed E-state index contributed by atoms with van der Waals surface area (Å²) >= 11 is 0. The summed E-state index contributed by atoms with van der Waals surface area (Å²) in [5, 5.41) is 0. The minimum atomic E-state index is -3.19. The van der Waals surface area contributed by atoms with Crippen LogP contribution >= 0.6 is 0 Å². The number of anilines is 1. The lowest BCUT2D eigenvalue weighted by Gasteiger charge is -2.34. The number of fused-ring (bicyclic) bond motifs is 1. The van der Waals surface area contributed by atoms with Gasteiger partial charge in [-0.3, -0.25) is 0 Å². The summed E-state index contributed by atoms with van der Waals surface area (Å²) in [7, 11) is -3.19. The normalized spacial score (nSPS) is 17.5. The molecular formula is C27H30F2N4O3S. The third-order valence-corrected chi connectivity index (χ3v) is 8.70. The minimum Gasteiger partial charge on any atom is -0.486 e. The maximum atomic E-state index is 14.9. The number of rotatable bonds is 6. The number of nitrogens with zero attached hydrogens (tertiary/aromatic N) is 4. The van der Waals surface area contributed by atoms with Crippen molar-refractivity contribution in [2.75, 3.05) is 30.3 Å². The molecule has 1 fully saturated rings. The fourth-order valence-corrected chi connectivity index (χ4v) is 6.41. The van der Waals surface area contributed by atoms with Gasteiger partial charge in [-0.15, -0.1) is 0 Å². The summed E-state index contributed by atoms with van der Waals surface area (Å²) < 4.78 is 61.3. The molecule has 2 aliphatic heterocycles. The highest BCUT2D eigenvalue weighted by molar-refractivity contribution is 7.89. The van der Waals surface area contributed by atoms with Crippen LogP contribution in [0, 0.1) is 11.6 Å². The Balaban J connectivity index is 1.37. The number of ether oxygens (including phenoxy) is 1. The first-order valence-electron chi connectivity index (χ1n) is 12.5. The molecule has 2 aliphatic rings. The van der Waals surface area contributed by atoms with E-state index < -0.39 is 21.7 Å². The van der Waals surface area contributed by atoms with Gasteiger partial charge >= 0.3 is 0 Å². The molecule has 7 nitrogen and oxygen atoms in total. The van der Waals surface area contributed by atoms with E-state index in [0.717, 1.165) is 23.7 Å². The topological polar surface area (TPSA) is 75.6 Å². The molecule has 196 valence electrons. The van der Waals surface area contributed by atoms with Gasteiger partial charge in [0.25, 0.3) is 0 Å². The van der Waals surface area contributed by atoms with Crippen LogP contribution in [0.5, 0.6) is 5.75 Å². The molecule has 1 aromatic heterocycles. The second-order valence-electron chi connectivity index (χ2n) is 9.77. The SMILES string of the molecule is CC(C)N1CCOc2c(F)cc(-c3nc(Cc4ccc(CN5CCCCS5(=O)=O)cc4)ncc3F)cc21. The Hall–Kier alpha value is -3.11. The molecule has 0 spiro atoms. The Morgan fingerprint density at radius 1 is 1.03 bits per heavy atom. The first-order valence-corrected chi connectivity index (χ1v) is 14.1. The molecule has 0 aliphatic carbocycles. The third kappa shape index (κ3) is 5.45. The van der Waals surface area contributed by atoms with Crippen LogP contribution in [-0.4, -0.2) is 54.2 Å². The van der Waals surface area contributed by atoms with Crippen LogP contribution in [0.4, 0.5) is 14.5 Å². The molecule has 0 unspecified atom stereocenters. The molecule has 0 amide bonds. The van der Waals surface area contributed by atoms with Crippen molar-refractivity contribution in [3.8, 4) is 17.0 Å². The van der Waals surface area contributed by atoms with Crippen LogP contribution < -0.4 is 9.64 Å². The van der Waals surface area contributed by atoms with Crippen LogP contribution in [0.3, 0.4) is 0 Å². The van der Waals surface area contributed by atoms with Gasteiger partial charge in [-0.05, 0) is 49.9 Å². The van der Waals surface area contributed by atoms with Gasteiger partial charge in [-0.1, -0.05) is 24.3 Å². The molecule has 3 aromatic rings. The lowest BCUT2D eigenvalue weighted by Crippen LogP contribution is -2.38. The van der Waals surface area contributed by atoms with Crippen LogP contribution in [-0.2, 0) is 23.0 Å². The molecule has 0 radical (unpaired) electrons. The standard InChI is InChI=1S/C27H30F2N4O3S/c1-18(2)33-10-11-36-27-22(28)14-21(15-24(27)33)26-23(29)16-30-25(31-26)13-19-5-7-20(8-6-19)17-32-9-3-4-12-37(32,34)35/h5-8,14-16,18H,3-4,9-13,17H2,1-2H3. The largest absolute Gasteiger partial charge is 0.486 e. The second kappa shape index (κ2) is 10.3. The van der Waals surface area contributed by atoms with Crippen molar-refractivity contribution >= 4 is 15.7 Å². The highest BCUT2D eigenvalue weighted by atomic mass is 32.2. The lowest BCUT2D eigenvalue weighted by molar-refractivity contribution is 0.287. The molecule has 0 atom stereocenters. The van der Waals surface area contributed by atoms with E-state index in [2.05, 4.69) is 9.97 Å². The van der Waals surface area contributed by atoms with E-state index in [1.807, 2.05) is 43.0 Å². The predicted molar refractivity (Wildman–Crippen MR) is 138 cm³/mol. The number of hydrogen-bond donors (Lipinski definition) is 0. The number of hydrogen-bond acceptors (Lipinski definition) is 6. The summed E-state index contributed by atoms with van der Waals surface area (Å²) in [6.45, 7) is 5.92. The fraction of sp³-hybridized carbons (Fsp3) is 0.407. The van der Waals surface area contributed by atoms with Crippen LogP contribution in [0.25, 0.3) is 11.3 Å². The second-order valence-corrected chi connectivity index (χ2v) is 11.9. The average Bonchev–Trinajstić information content (AvgIpc) is 2.87. The van der Waals surface area contributed by atoms with Gasteiger partial charge in [-0.25, -0.2) is 27.2 Å². The zero-order valence-corrected chi connectivity index (χ0v) is 21.8. The smallest absolute Gasteiger partial charge is 0.214 e. The molecule has 0 bridgehead atoms. The van der Waals surface area contributed by atoms with E-state index in [0.29, 0.717) is 56.2 Å². The average molecular weight is 529 g/mol. The third-order valence-electron chi connectivity index (χ3n) is 6.80. The van der Waals surface area contributed by atoms with Gasteiger partial charge in [0.15, 0.2) is 17.4 Å². The minimum absolute atomic E-state index is 0.0351. The maximum absolute atomic E-state index is 14.9. The molecule has 0 N–H and O–H groups in total. The van der Waals surface area contributed by atoms with Crippen LogP contribution in [0.1, 0.15) is 43.6 Å². The van der Waals surface area contributed by atoms with Gasteiger partial charge in [0.1, 0.15) is 18.1 Å². The predicted octanol–water partition coefficient (Wildman–Crippen LogP) is 4.55. The first kappa shape index (κ1) is 25.5. The Morgan fingerprint density at radius 2 is 1.78 bits per heavy atom. The van der Waals surface area contributed by atoms with E-state index in [1.165, 1.54) is 10.4 Å². The van der Waals surface area contributed by atoms with E-state index >= 15 is 0 Å². The van der Waals surface area contributed by atoms with Crippen molar-refractivity contribution in [2.45, 2.75) is 45.7 Å². The molecule has 0 saturated carbocycles. The van der Waals surface area contributed by atoms with Crippen molar-refractivity contribution in [1.29, 1.82) is 0 Å². The quantitative estimate of drug-likeness (QED) is 0.468. The summed E-state index contributed by atoms with van der Waals surface area (Å²) in [5.74, 6) is -0.405. The van der Waals surface area contributed by atoms with E-state index in [4.69, 9.17) is 4.74 Å². The maximum Gasteiger partial charge on any atom is 0.214 e. The highest BCUT2D eigenvalue weighted by Gasteiger charge is 2.27. The Morgan fingerprint density at radius 3 is 2.51 bits per heavy atom. The molecule has 1 saturated heterocycles. The zero-order chi connectivity index (χ0) is 26.2. The summed E-state index contributed by atoms with van der Waals surface area (Å²) in [6, 6.07) is 10.7. The van der Waals surface area contributed by atoms with Gasteiger partial charge in [0.2, 0.25) is 10.0 Å². The van der Waals surface area contributed by atoms with Crippen molar-refractivity contribution in [3.05, 3.63) is 71.2 Å². The summed E-state index contributed by atoms with van der Waals surface area (Å²) in [4.78, 5) is 10.6. The van der Waals surface area contributed by atoms with E-state index in [1.54, 1.807) is 6.07 Å². The molecule has 5 rings (SSSR count). The van der Waals surface area contributed by atoms with E-state index in [-0.39, 0.29) is 23.2 Å². The fourth-order valence-electron chi connectivity index (χ4n) is 4.83. The van der Waals surface area contributed by atoms with Crippen LogP contribution in [0.15, 0.2) is 42.6 Å². The van der Waals surface area contributed by atoms with Crippen molar-refractivity contribution < 1.29 is 21.9 Å². The van der Waals surface area contributed by atoms with Crippen molar-refractivity contribution in [3.63, 3.8) is 0 Å². The highest BCUT2D eigenvalue weighted by Crippen LogP contribution is 2.39. The van der Waals surface area contributed by atoms with Gasteiger partial charge in [-0.2, -0.15) is 4.31 Å². The summed E-state index contributed by atoms with van der Waals surface area (Å²) in [5.41, 5.74) is 2.75. The molecular weight excluding hydrogens is 498 g/mol. The Labute approximate surface area is 216 Å². The van der Waals surface area contributed by atoms with Crippen molar-refractivity contribution in [1.82, 2.24) is 14.3 Å².